The van der Waals surface area contributed by atoms with E-state index in [9.17, 15) is 14.0 Å². The fourth-order valence-corrected chi connectivity index (χ4v) is 4.88. The highest BCUT2D eigenvalue weighted by Crippen LogP contribution is 2.45. The van der Waals surface area contributed by atoms with E-state index >= 15 is 0 Å². The second-order valence-corrected chi connectivity index (χ2v) is 8.24. The number of ketones is 1. The summed E-state index contributed by atoms with van der Waals surface area (Å²) < 4.78 is 15.4. The zero-order valence-electron chi connectivity index (χ0n) is 15.2. The average molecular weight is 400 g/mol. The van der Waals surface area contributed by atoms with Crippen molar-refractivity contribution in [1.29, 1.82) is 0 Å². The zero-order valence-corrected chi connectivity index (χ0v) is 15.9. The van der Waals surface area contributed by atoms with Crippen LogP contribution in [0.3, 0.4) is 0 Å². The number of halogens is 2. The minimum Gasteiger partial charge on any atom is -0.323 e. The van der Waals surface area contributed by atoms with Gasteiger partial charge in [-0.1, -0.05) is 17.7 Å². The molecule has 2 heterocycles. The molecule has 7 heteroatoms. The fourth-order valence-electron chi connectivity index (χ4n) is 4.70. The van der Waals surface area contributed by atoms with Crippen molar-refractivity contribution in [3.8, 4) is 0 Å². The Kier molecular flexibility index (Phi) is 4.12. The third-order valence-corrected chi connectivity index (χ3v) is 6.27. The first kappa shape index (κ1) is 17.6. The number of nitrogens with zero attached hydrogens (tertiary/aromatic N) is 2. The molecule has 0 bridgehead atoms. The van der Waals surface area contributed by atoms with Crippen LogP contribution in [0.4, 0.5) is 10.1 Å². The first-order valence-corrected chi connectivity index (χ1v) is 9.96. The van der Waals surface area contributed by atoms with Crippen LogP contribution in [0.15, 0.2) is 24.3 Å². The van der Waals surface area contributed by atoms with Crippen LogP contribution in [0.25, 0.3) is 5.57 Å². The van der Waals surface area contributed by atoms with Crippen molar-refractivity contribution in [3.63, 3.8) is 0 Å². The number of Topliss-reactive ketones (excluding diaryl/α,β-unsaturated/α-hetero) is 1. The Balaban J connectivity index is 1.49. The van der Waals surface area contributed by atoms with Crippen LogP contribution < -0.4 is 5.32 Å². The van der Waals surface area contributed by atoms with Gasteiger partial charge in [0.05, 0.1) is 10.7 Å². The number of nitrogens with one attached hydrogen (secondary N) is 1. The highest BCUT2D eigenvalue weighted by molar-refractivity contribution is 6.31. The second-order valence-electron chi connectivity index (χ2n) is 7.83. The van der Waals surface area contributed by atoms with E-state index in [1.807, 2.05) is 4.57 Å². The lowest BCUT2D eigenvalue weighted by Gasteiger charge is -2.11. The van der Waals surface area contributed by atoms with Crippen LogP contribution in [0.5, 0.6) is 0 Å². The molecular weight excluding hydrogens is 381 g/mol. The number of benzene rings is 1. The van der Waals surface area contributed by atoms with Crippen LogP contribution >= 0.6 is 11.6 Å². The molecule has 1 amide bonds. The molecule has 5 rings (SSSR count). The van der Waals surface area contributed by atoms with E-state index in [1.54, 1.807) is 0 Å². The van der Waals surface area contributed by atoms with Gasteiger partial charge in [-0.25, -0.2) is 9.37 Å². The highest BCUT2D eigenvalue weighted by Gasteiger charge is 2.39. The summed E-state index contributed by atoms with van der Waals surface area (Å²) in [6.45, 7) is 0.758. The maximum atomic E-state index is 13.4. The third kappa shape index (κ3) is 2.87. The summed E-state index contributed by atoms with van der Waals surface area (Å²) in [6.07, 6.45) is 5.95. The van der Waals surface area contributed by atoms with Gasteiger partial charge in [0.1, 0.15) is 23.1 Å². The molecule has 0 spiro atoms. The molecule has 1 aromatic carbocycles. The Bertz CT molecular complexity index is 1040. The fraction of sp³-hybridized carbons (Fsp3) is 0.381. The molecule has 5 nitrogen and oxygen atoms in total. The number of aryl methyl sites for hydroxylation is 1. The molecule has 144 valence electrons. The van der Waals surface area contributed by atoms with Crippen molar-refractivity contribution in [2.24, 2.45) is 11.8 Å². The quantitative estimate of drug-likeness (QED) is 0.838. The number of carbonyl (C=O) groups is 2. The van der Waals surface area contributed by atoms with Crippen LogP contribution in [-0.2, 0) is 17.8 Å². The van der Waals surface area contributed by atoms with E-state index in [1.165, 1.54) is 18.2 Å². The SMILES string of the molecule is O=C1CC2C=C(c3nc4n(c3C(=O)Nc3ccc(F)c(Cl)c3)CCC4)CC2C1. The van der Waals surface area contributed by atoms with Gasteiger partial charge in [0, 0.05) is 31.5 Å². The number of aromatic nitrogens is 2. The van der Waals surface area contributed by atoms with Crippen molar-refractivity contribution in [2.75, 3.05) is 5.32 Å². The molecule has 2 unspecified atom stereocenters. The van der Waals surface area contributed by atoms with Gasteiger partial charge in [-0.2, -0.15) is 0 Å². The Hall–Kier alpha value is -2.47. The minimum atomic E-state index is -0.525. The monoisotopic (exact) mass is 399 g/mol. The lowest BCUT2D eigenvalue weighted by molar-refractivity contribution is -0.117. The van der Waals surface area contributed by atoms with E-state index in [2.05, 4.69) is 11.4 Å². The minimum absolute atomic E-state index is 0.0347. The predicted molar refractivity (Wildman–Crippen MR) is 104 cm³/mol. The van der Waals surface area contributed by atoms with Gasteiger partial charge in [0.25, 0.3) is 5.91 Å². The van der Waals surface area contributed by atoms with Crippen LogP contribution in [-0.4, -0.2) is 21.2 Å². The van der Waals surface area contributed by atoms with Gasteiger partial charge >= 0.3 is 0 Å². The molecule has 1 N–H and O–H groups in total. The van der Waals surface area contributed by atoms with E-state index < -0.39 is 5.82 Å². The maximum Gasteiger partial charge on any atom is 0.274 e. The van der Waals surface area contributed by atoms with E-state index in [-0.39, 0.29) is 16.8 Å². The molecule has 28 heavy (non-hydrogen) atoms. The standard InChI is InChI=1S/C21H19ClFN3O2/c22-16-10-14(3-4-17(16)23)24-21(28)20-19(25-18-2-1-5-26(18)20)13-6-11-8-15(27)9-12(11)7-13/h3-4,6,10-12H,1-2,5,7-9H2,(H,24,28). The van der Waals surface area contributed by atoms with Gasteiger partial charge in [0.15, 0.2) is 0 Å². The van der Waals surface area contributed by atoms with Crippen molar-refractivity contribution in [1.82, 2.24) is 9.55 Å². The molecule has 1 fully saturated rings. The molecule has 1 aromatic heterocycles. The summed E-state index contributed by atoms with van der Waals surface area (Å²) in [6, 6.07) is 4.13. The number of imidazole rings is 1. The maximum absolute atomic E-state index is 13.4. The van der Waals surface area contributed by atoms with Crippen LogP contribution in [0.1, 0.15) is 47.7 Å². The summed E-state index contributed by atoms with van der Waals surface area (Å²) in [4.78, 5) is 29.6. The highest BCUT2D eigenvalue weighted by atomic mass is 35.5. The predicted octanol–water partition coefficient (Wildman–Crippen LogP) is 4.26. The first-order valence-electron chi connectivity index (χ1n) is 9.58. The summed E-state index contributed by atoms with van der Waals surface area (Å²) in [5.41, 5.74) is 2.78. The largest absolute Gasteiger partial charge is 0.323 e. The van der Waals surface area contributed by atoms with Gasteiger partial charge in [-0.05, 0) is 48.4 Å². The molecular formula is C21H19ClFN3O2. The first-order chi connectivity index (χ1) is 13.5. The number of hydrogen-bond donors (Lipinski definition) is 1. The number of fused-ring (bicyclic) bond motifs is 2. The number of rotatable bonds is 3. The Labute approximate surface area is 166 Å². The molecule has 2 atom stereocenters. The normalized spacial score (nSPS) is 22.9. The lowest BCUT2D eigenvalue weighted by Crippen LogP contribution is -2.18. The second kappa shape index (κ2) is 6.55. The Morgan fingerprint density at radius 2 is 2.14 bits per heavy atom. The summed E-state index contributed by atoms with van der Waals surface area (Å²) >= 11 is 5.84. The van der Waals surface area contributed by atoms with E-state index in [0.29, 0.717) is 35.9 Å². The molecule has 0 saturated heterocycles. The summed E-state index contributed by atoms with van der Waals surface area (Å²) in [5, 5.41) is 2.80. The zero-order chi connectivity index (χ0) is 19.4. The number of amides is 1. The Morgan fingerprint density at radius 1 is 1.29 bits per heavy atom. The van der Waals surface area contributed by atoms with E-state index in [4.69, 9.17) is 16.6 Å². The number of allylic oxidation sites excluding steroid dienone is 2. The van der Waals surface area contributed by atoms with Crippen molar-refractivity contribution in [3.05, 3.63) is 52.3 Å². The smallest absolute Gasteiger partial charge is 0.274 e. The van der Waals surface area contributed by atoms with Crippen LogP contribution in [0.2, 0.25) is 5.02 Å². The third-order valence-electron chi connectivity index (χ3n) is 5.98. The van der Waals surface area contributed by atoms with Gasteiger partial charge in [0.2, 0.25) is 0 Å². The Morgan fingerprint density at radius 3 is 2.93 bits per heavy atom. The molecule has 3 aliphatic rings. The summed E-state index contributed by atoms with van der Waals surface area (Å²) in [7, 11) is 0. The molecule has 2 aromatic rings. The van der Waals surface area contributed by atoms with E-state index in [0.717, 1.165) is 42.9 Å². The van der Waals surface area contributed by atoms with Gasteiger partial charge < -0.3 is 9.88 Å². The number of hydrogen-bond acceptors (Lipinski definition) is 3. The van der Waals surface area contributed by atoms with Crippen molar-refractivity contribution >= 4 is 34.6 Å². The van der Waals surface area contributed by atoms with Gasteiger partial charge in [-0.3, -0.25) is 9.59 Å². The number of carbonyl (C=O) groups excluding carboxylic acids is 2. The molecule has 1 saturated carbocycles. The van der Waals surface area contributed by atoms with Gasteiger partial charge in [-0.15, -0.1) is 0 Å². The molecule has 0 radical (unpaired) electrons. The molecule has 2 aliphatic carbocycles. The lowest BCUT2D eigenvalue weighted by atomic mass is 9.99. The van der Waals surface area contributed by atoms with Crippen LogP contribution in [0, 0.1) is 17.7 Å². The number of anilines is 1. The van der Waals surface area contributed by atoms with Crippen molar-refractivity contribution < 1.29 is 14.0 Å². The molecule has 1 aliphatic heterocycles. The van der Waals surface area contributed by atoms with Crippen molar-refractivity contribution in [2.45, 2.75) is 38.6 Å². The summed E-state index contributed by atoms with van der Waals surface area (Å²) in [5.74, 6) is 1.06. The topological polar surface area (TPSA) is 64.0 Å². The average Bonchev–Trinajstić information content (AvgIpc) is 3.36.